The number of rotatable bonds is 8. The van der Waals surface area contributed by atoms with Gasteiger partial charge in [-0.15, -0.1) is 0 Å². The number of pyridine rings is 1. The first-order valence-corrected chi connectivity index (χ1v) is 10.2. The fraction of sp³-hybridized carbons (Fsp3) is 0.143. The molecule has 3 aromatic rings. The molecule has 2 aromatic carbocycles. The Morgan fingerprint density at radius 3 is 2.50 bits per heavy atom. The molecular formula is C21H18Cl2N5O4+. The average Bonchev–Trinajstić information content (AvgIpc) is 2.78. The van der Waals surface area contributed by atoms with E-state index in [0.29, 0.717) is 27.9 Å². The fourth-order valence-electron chi connectivity index (χ4n) is 2.93. The molecule has 164 valence electrons. The molecule has 32 heavy (non-hydrogen) atoms. The van der Waals surface area contributed by atoms with Crippen molar-refractivity contribution in [3.05, 3.63) is 102 Å². The Bertz CT molecular complexity index is 1220. The molecule has 0 saturated carbocycles. The van der Waals surface area contributed by atoms with Crippen LogP contribution in [-0.2, 0) is 13.0 Å². The van der Waals surface area contributed by atoms with Crippen LogP contribution in [-0.4, -0.2) is 15.6 Å². The Hall–Kier alpha value is -3.56. The summed E-state index contributed by atoms with van der Waals surface area (Å²) < 4.78 is 1.92. The number of nitro benzene ring substituents is 2. The highest BCUT2D eigenvalue weighted by Crippen LogP contribution is 2.29. The molecule has 0 radical (unpaired) electrons. The quantitative estimate of drug-likeness (QED) is 0.209. The van der Waals surface area contributed by atoms with Crippen LogP contribution in [0.2, 0.25) is 10.0 Å². The van der Waals surface area contributed by atoms with Gasteiger partial charge in [0.1, 0.15) is 11.4 Å². The van der Waals surface area contributed by atoms with Gasteiger partial charge in [-0.05, 0) is 30.7 Å². The number of benzene rings is 2. The molecule has 0 aliphatic rings. The largest absolute Gasteiger partial charge is 0.301 e. The Labute approximate surface area is 193 Å². The van der Waals surface area contributed by atoms with Gasteiger partial charge in [-0.3, -0.25) is 25.7 Å². The highest BCUT2D eigenvalue weighted by atomic mass is 35.5. The summed E-state index contributed by atoms with van der Waals surface area (Å²) in [5.41, 5.74) is 4.15. The number of aryl methyl sites for hydroxylation is 1. The van der Waals surface area contributed by atoms with E-state index in [1.54, 1.807) is 18.2 Å². The molecule has 0 spiro atoms. The van der Waals surface area contributed by atoms with Crippen LogP contribution >= 0.6 is 23.2 Å². The van der Waals surface area contributed by atoms with E-state index in [9.17, 15) is 20.2 Å². The summed E-state index contributed by atoms with van der Waals surface area (Å²) in [5.74, 6) is 0. The lowest BCUT2D eigenvalue weighted by Gasteiger charge is -2.08. The van der Waals surface area contributed by atoms with Crippen molar-refractivity contribution in [2.45, 2.75) is 19.9 Å². The van der Waals surface area contributed by atoms with Crippen LogP contribution in [0.5, 0.6) is 0 Å². The van der Waals surface area contributed by atoms with Crippen LogP contribution in [0.15, 0.2) is 66.0 Å². The zero-order valence-corrected chi connectivity index (χ0v) is 18.4. The van der Waals surface area contributed by atoms with Gasteiger partial charge in [0.15, 0.2) is 18.9 Å². The fourth-order valence-corrected chi connectivity index (χ4v) is 3.23. The van der Waals surface area contributed by atoms with E-state index < -0.39 is 15.5 Å². The minimum atomic E-state index is -0.705. The number of anilines is 1. The first-order chi connectivity index (χ1) is 15.3. The minimum Gasteiger partial charge on any atom is -0.271 e. The van der Waals surface area contributed by atoms with E-state index in [1.165, 1.54) is 12.1 Å². The Morgan fingerprint density at radius 1 is 1.06 bits per heavy atom. The molecule has 0 unspecified atom stereocenters. The summed E-state index contributed by atoms with van der Waals surface area (Å²) in [6.45, 7) is 2.38. The van der Waals surface area contributed by atoms with Crippen LogP contribution < -0.4 is 9.99 Å². The average molecular weight is 475 g/mol. The van der Waals surface area contributed by atoms with Crippen LogP contribution in [0, 0.1) is 20.2 Å². The summed E-state index contributed by atoms with van der Waals surface area (Å²) in [7, 11) is 0. The van der Waals surface area contributed by atoms with Crippen LogP contribution in [0.3, 0.4) is 0 Å². The molecule has 1 N–H and O–H groups in total. The number of nitro groups is 2. The summed E-state index contributed by atoms with van der Waals surface area (Å²) in [5, 5.41) is 27.5. The standard InChI is InChI=1S/C21H18Cl2N5O4/c1-2-14-4-3-9-26(12-14)13-20(15-5-7-17(22)18(23)10-15)25-24-19-8-6-16(27(29)30)11-21(19)28(31)32/h3-12,24H,2,13H2,1H3/q+1. The van der Waals surface area contributed by atoms with Crippen molar-refractivity contribution in [2.24, 2.45) is 5.10 Å². The molecule has 1 heterocycles. The van der Waals surface area contributed by atoms with Gasteiger partial charge in [0.05, 0.1) is 26.0 Å². The predicted molar refractivity (Wildman–Crippen MR) is 122 cm³/mol. The van der Waals surface area contributed by atoms with Crippen LogP contribution in [0.4, 0.5) is 17.1 Å². The van der Waals surface area contributed by atoms with Crippen molar-refractivity contribution >= 4 is 46.0 Å². The van der Waals surface area contributed by atoms with E-state index in [4.69, 9.17) is 23.2 Å². The smallest absolute Gasteiger partial charge is 0.271 e. The van der Waals surface area contributed by atoms with Crippen molar-refractivity contribution in [1.29, 1.82) is 0 Å². The second-order valence-corrected chi connectivity index (χ2v) is 7.57. The van der Waals surface area contributed by atoms with Gasteiger partial charge in [0.25, 0.3) is 5.69 Å². The number of hydrogen-bond donors (Lipinski definition) is 1. The maximum Gasteiger partial charge on any atom is 0.301 e. The zero-order valence-electron chi connectivity index (χ0n) is 16.9. The molecule has 0 atom stereocenters. The van der Waals surface area contributed by atoms with E-state index in [-0.39, 0.29) is 11.4 Å². The number of nitrogens with zero attached hydrogens (tertiary/aromatic N) is 4. The first kappa shape index (κ1) is 23.1. The number of non-ortho nitro benzene ring substituents is 1. The predicted octanol–water partition coefficient (Wildman–Crippen LogP) is 5.18. The molecule has 0 amide bonds. The van der Waals surface area contributed by atoms with Crippen molar-refractivity contribution in [2.75, 3.05) is 5.43 Å². The lowest BCUT2D eigenvalue weighted by Crippen LogP contribution is -2.38. The molecule has 11 heteroatoms. The first-order valence-electron chi connectivity index (χ1n) is 9.47. The highest BCUT2D eigenvalue weighted by Gasteiger charge is 2.20. The van der Waals surface area contributed by atoms with Crippen molar-refractivity contribution in [3.63, 3.8) is 0 Å². The number of halogens is 2. The van der Waals surface area contributed by atoms with Gasteiger partial charge in [-0.1, -0.05) is 36.2 Å². The SMILES string of the molecule is CCc1ccc[n+](CC(=NNc2ccc([N+](=O)[O-])cc2[N+](=O)[O-])c2ccc(Cl)c(Cl)c2)c1. The summed E-state index contributed by atoms with van der Waals surface area (Å²) in [6, 6.07) is 12.2. The third-order valence-corrected chi connectivity index (χ3v) is 5.35. The molecule has 9 nitrogen and oxygen atoms in total. The van der Waals surface area contributed by atoms with Gasteiger partial charge in [0.2, 0.25) is 0 Å². The molecular weight excluding hydrogens is 457 g/mol. The Kier molecular flexibility index (Phi) is 7.34. The zero-order chi connectivity index (χ0) is 23.3. The molecule has 0 saturated heterocycles. The second-order valence-electron chi connectivity index (χ2n) is 6.75. The summed E-state index contributed by atoms with van der Waals surface area (Å²) in [4.78, 5) is 21.0. The molecule has 0 bridgehead atoms. The van der Waals surface area contributed by atoms with Gasteiger partial charge in [-0.25, -0.2) is 0 Å². The van der Waals surface area contributed by atoms with Crippen molar-refractivity contribution in [3.8, 4) is 0 Å². The van der Waals surface area contributed by atoms with E-state index in [1.807, 2.05) is 36.0 Å². The topological polar surface area (TPSA) is 115 Å². The number of nitrogens with one attached hydrogen (secondary N) is 1. The van der Waals surface area contributed by atoms with Gasteiger partial charge in [-0.2, -0.15) is 9.67 Å². The molecule has 0 fully saturated rings. The van der Waals surface area contributed by atoms with Gasteiger partial charge in [0, 0.05) is 23.3 Å². The normalized spacial score (nSPS) is 11.3. The minimum absolute atomic E-state index is 0.0190. The second kappa shape index (κ2) is 10.2. The maximum absolute atomic E-state index is 11.4. The summed E-state index contributed by atoms with van der Waals surface area (Å²) >= 11 is 12.2. The van der Waals surface area contributed by atoms with Crippen molar-refractivity contribution in [1.82, 2.24) is 0 Å². The van der Waals surface area contributed by atoms with Crippen LogP contribution in [0.1, 0.15) is 18.1 Å². The Balaban J connectivity index is 2.02. The van der Waals surface area contributed by atoms with Gasteiger partial charge < -0.3 is 0 Å². The Morgan fingerprint density at radius 2 is 1.84 bits per heavy atom. The van der Waals surface area contributed by atoms with Crippen LogP contribution in [0.25, 0.3) is 0 Å². The number of aromatic nitrogens is 1. The molecule has 0 aliphatic heterocycles. The molecule has 1 aromatic heterocycles. The highest BCUT2D eigenvalue weighted by molar-refractivity contribution is 6.42. The maximum atomic E-state index is 11.4. The molecule has 0 aliphatic carbocycles. The lowest BCUT2D eigenvalue weighted by molar-refractivity contribution is -0.682. The monoisotopic (exact) mass is 474 g/mol. The van der Waals surface area contributed by atoms with E-state index in [0.717, 1.165) is 18.1 Å². The lowest BCUT2D eigenvalue weighted by atomic mass is 10.1. The number of hydrogen-bond acceptors (Lipinski definition) is 6. The molecule has 3 rings (SSSR count). The van der Waals surface area contributed by atoms with E-state index >= 15 is 0 Å². The third kappa shape index (κ3) is 5.57. The van der Waals surface area contributed by atoms with Gasteiger partial charge >= 0.3 is 5.69 Å². The third-order valence-electron chi connectivity index (χ3n) is 4.61. The summed E-state index contributed by atoms with van der Waals surface area (Å²) in [6.07, 6.45) is 4.70. The number of hydrazone groups is 1. The van der Waals surface area contributed by atoms with E-state index in [2.05, 4.69) is 10.5 Å². The van der Waals surface area contributed by atoms with Crippen molar-refractivity contribution < 1.29 is 14.4 Å².